The average Bonchev–Trinajstić information content (AvgIpc) is 3.75. The number of allylic oxidation sites excluding steroid dienone is 3. The fourth-order valence-corrected chi connectivity index (χ4v) is 7.61. The van der Waals surface area contributed by atoms with Crippen LogP contribution in [0.25, 0.3) is 0 Å². The molecule has 1 aliphatic heterocycles. The van der Waals surface area contributed by atoms with Gasteiger partial charge in [0.05, 0.1) is 32.0 Å². The van der Waals surface area contributed by atoms with Gasteiger partial charge in [-0.05, 0) is 38.5 Å². The van der Waals surface area contributed by atoms with E-state index in [2.05, 4.69) is 38.2 Å². The van der Waals surface area contributed by atoms with Gasteiger partial charge in [0.2, 0.25) is 0 Å². The molecule has 7 atom stereocenters. The first-order valence-electron chi connectivity index (χ1n) is 20.9. The third-order valence-electron chi connectivity index (χ3n) is 9.87. The molecule has 1 aliphatic carbocycles. The fourth-order valence-electron chi connectivity index (χ4n) is 6.85. The van der Waals surface area contributed by atoms with Crippen LogP contribution in [0, 0.1) is 11.8 Å². The van der Waals surface area contributed by atoms with Gasteiger partial charge in [-0.3, -0.25) is 13.8 Å². The molecule has 7 unspecified atom stereocenters. The summed E-state index contributed by atoms with van der Waals surface area (Å²) >= 11 is 0. The molecule has 0 spiro atoms. The van der Waals surface area contributed by atoms with E-state index >= 15 is 0 Å². The smallest absolute Gasteiger partial charge is 0.457 e. The molecule has 0 radical (unpaired) electrons. The zero-order chi connectivity index (χ0) is 38.4. The van der Waals surface area contributed by atoms with E-state index in [1.165, 1.54) is 77.0 Å². The van der Waals surface area contributed by atoms with E-state index in [9.17, 15) is 19.4 Å². The van der Waals surface area contributed by atoms with Crippen LogP contribution in [-0.4, -0.2) is 73.4 Å². The lowest BCUT2D eigenvalue weighted by atomic mass is 9.89. The van der Waals surface area contributed by atoms with Crippen molar-refractivity contribution in [3.05, 3.63) is 36.5 Å². The fraction of sp³-hybridized carbons (Fsp3) is 0.829. The Hall–Kier alpha value is -1.40. The summed E-state index contributed by atoms with van der Waals surface area (Å²) in [5.74, 6) is 0.0361. The van der Waals surface area contributed by atoms with Gasteiger partial charge in [0.25, 0.3) is 0 Å². The molecular weight excluding hydrogens is 697 g/mol. The topological polar surface area (TPSA) is 156 Å². The number of phosphoric acid groups is 1. The molecule has 2 bridgehead atoms. The highest BCUT2D eigenvalue weighted by Crippen LogP contribution is 2.45. The number of ether oxygens (including phenoxy) is 2. The van der Waals surface area contributed by atoms with Crippen LogP contribution in [0.2, 0.25) is 0 Å². The summed E-state index contributed by atoms with van der Waals surface area (Å²) in [6, 6.07) is 0. The van der Waals surface area contributed by atoms with Gasteiger partial charge in [0, 0.05) is 37.8 Å². The lowest BCUT2D eigenvalue weighted by Gasteiger charge is -2.27. The summed E-state index contributed by atoms with van der Waals surface area (Å²) in [7, 11) is -4.32. The van der Waals surface area contributed by atoms with Crippen LogP contribution >= 0.6 is 7.82 Å². The van der Waals surface area contributed by atoms with Crippen molar-refractivity contribution in [3.63, 3.8) is 0 Å². The maximum absolute atomic E-state index is 12.7. The molecule has 2 rings (SSSR count). The van der Waals surface area contributed by atoms with Crippen molar-refractivity contribution < 1.29 is 47.7 Å². The van der Waals surface area contributed by atoms with Gasteiger partial charge in [-0.15, -0.1) is 0 Å². The number of carbonyl (C=O) groups excluding carboxylic acids is 1. The standard InChI is InChI=1S/C41H74NO10P/c1-3-5-7-8-9-10-11-12-13-14-15-16-19-23-30-47-33-36(34-49-53(45,46)48-31-29-42)50-41(44)26-22-18-17-21-25-37-38(40-32-39(37)51-52-40)28-27-35(43)24-20-6-4-2/h6,17,20-21,27-28,35-40,43H,3-5,7-16,18-19,22-26,29-34,42H2,1-2H3,(H,45,46)/b20-6-,21-17-,28-27+. The molecule has 2 fully saturated rings. The van der Waals surface area contributed by atoms with Crippen LogP contribution < -0.4 is 5.73 Å². The lowest BCUT2D eigenvalue weighted by molar-refractivity contribution is -0.336. The van der Waals surface area contributed by atoms with Crippen LogP contribution in [0.15, 0.2) is 36.5 Å². The zero-order valence-electron chi connectivity index (χ0n) is 33.0. The first-order chi connectivity index (χ1) is 25.8. The highest BCUT2D eigenvalue weighted by atomic mass is 31.2. The van der Waals surface area contributed by atoms with E-state index in [1.54, 1.807) is 0 Å². The molecule has 1 saturated heterocycles. The van der Waals surface area contributed by atoms with Crippen LogP contribution in [-0.2, 0) is 37.7 Å². The molecule has 0 amide bonds. The number of hydrogen-bond acceptors (Lipinski definition) is 10. The second-order valence-electron chi connectivity index (χ2n) is 14.6. The summed E-state index contributed by atoms with van der Waals surface area (Å²) in [5, 5.41) is 10.3. The second kappa shape index (κ2) is 30.8. The average molecular weight is 772 g/mol. The van der Waals surface area contributed by atoms with Crippen molar-refractivity contribution >= 4 is 13.8 Å². The Labute approximate surface area is 321 Å². The van der Waals surface area contributed by atoms with E-state index in [0.29, 0.717) is 25.9 Å². The molecule has 4 N–H and O–H groups in total. The number of hydrogen-bond donors (Lipinski definition) is 3. The monoisotopic (exact) mass is 772 g/mol. The molecule has 0 aromatic heterocycles. The van der Waals surface area contributed by atoms with Crippen molar-refractivity contribution in [2.75, 3.05) is 33.0 Å². The summed E-state index contributed by atoms with van der Waals surface area (Å²) in [4.78, 5) is 33.6. The molecule has 12 heteroatoms. The number of phosphoric ester groups is 1. The summed E-state index contributed by atoms with van der Waals surface area (Å²) in [6.07, 6.45) is 33.5. The van der Waals surface area contributed by atoms with Gasteiger partial charge in [-0.1, -0.05) is 134 Å². The van der Waals surface area contributed by atoms with Gasteiger partial charge in [0.1, 0.15) is 12.2 Å². The number of unbranched alkanes of at least 4 members (excludes halogenated alkanes) is 14. The Morgan fingerprint density at radius 2 is 1.49 bits per heavy atom. The lowest BCUT2D eigenvalue weighted by Crippen LogP contribution is -2.29. The summed E-state index contributed by atoms with van der Waals surface area (Å²) < 4.78 is 33.5. The number of rotatable bonds is 35. The third-order valence-corrected chi connectivity index (χ3v) is 10.9. The third kappa shape index (κ3) is 23.3. The van der Waals surface area contributed by atoms with Gasteiger partial charge in [0.15, 0.2) is 0 Å². The second-order valence-corrected chi connectivity index (χ2v) is 16.0. The minimum absolute atomic E-state index is 0.00915. The van der Waals surface area contributed by atoms with E-state index in [4.69, 9.17) is 34.0 Å². The quantitative estimate of drug-likeness (QED) is 0.0186. The Bertz CT molecular complexity index is 1060. The molecule has 0 aromatic rings. The number of aliphatic hydroxyl groups is 1. The van der Waals surface area contributed by atoms with Gasteiger partial charge in [-0.25, -0.2) is 14.3 Å². The summed E-state index contributed by atoms with van der Waals surface area (Å²) in [5.41, 5.74) is 5.37. The van der Waals surface area contributed by atoms with E-state index in [1.807, 2.05) is 12.2 Å². The Morgan fingerprint density at radius 1 is 0.830 bits per heavy atom. The number of aliphatic hydroxyl groups excluding tert-OH is 1. The van der Waals surface area contributed by atoms with E-state index in [-0.39, 0.29) is 56.8 Å². The molecule has 308 valence electrons. The maximum Gasteiger partial charge on any atom is 0.472 e. The first kappa shape index (κ1) is 47.8. The van der Waals surface area contributed by atoms with Crippen LogP contribution in [0.1, 0.15) is 149 Å². The molecule has 11 nitrogen and oxygen atoms in total. The van der Waals surface area contributed by atoms with E-state index in [0.717, 1.165) is 32.1 Å². The highest BCUT2D eigenvalue weighted by molar-refractivity contribution is 7.47. The highest BCUT2D eigenvalue weighted by Gasteiger charge is 2.49. The molecular formula is C41H74NO10P. The number of carbonyl (C=O) groups is 1. The minimum atomic E-state index is -4.32. The van der Waals surface area contributed by atoms with Crippen molar-refractivity contribution in [1.82, 2.24) is 0 Å². The Morgan fingerprint density at radius 3 is 2.15 bits per heavy atom. The minimum Gasteiger partial charge on any atom is -0.457 e. The van der Waals surface area contributed by atoms with Crippen LogP contribution in [0.4, 0.5) is 0 Å². The SMILES string of the molecule is CC/C=C\CC(O)/C=C/C1C2CC(OO2)C1C/C=C\CCCC(=O)OC(COCCCCCCCCCCCCCCCC)COP(=O)(O)OCCN. The van der Waals surface area contributed by atoms with Gasteiger partial charge < -0.3 is 25.2 Å². The molecule has 1 heterocycles. The predicted molar refractivity (Wildman–Crippen MR) is 210 cm³/mol. The number of esters is 1. The normalized spacial score (nSPS) is 22.4. The van der Waals surface area contributed by atoms with Crippen molar-refractivity contribution in [1.29, 1.82) is 0 Å². The molecule has 2 aliphatic rings. The van der Waals surface area contributed by atoms with Crippen molar-refractivity contribution in [2.24, 2.45) is 17.6 Å². The zero-order valence-corrected chi connectivity index (χ0v) is 33.9. The van der Waals surface area contributed by atoms with Crippen molar-refractivity contribution in [3.8, 4) is 0 Å². The molecule has 1 saturated carbocycles. The maximum atomic E-state index is 12.7. The van der Waals surface area contributed by atoms with Gasteiger partial charge >= 0.3 is 13.8 Å². The van der Waals surface area contributed by atoms with Crippen molar-refractivity contribution in [2.45, 2.75) is 173 Å². The van der Waals surface area contributed by atoms with Crippen LogP contribution in [0.5, 0.6) is 0 Å². The Kier molecular flexibility index (Phi) is 27.7. The number of fused-ring (bicyclic) bond motifs is 2. The summed E-state index contributed by atoms with van der Waals surface area (Å²) in [6.45, 7) is 4.55. The van der Waals surface area contributed by atoms with Crippen LogP contribution in [0.3, 0.4) is 0 Å². The largest absolute Gasteiger partial charge is 0.472 e. The molecule has 0 aromatic carbocycles. The first-order valence-corrected chi connectivity index (χ1v) is 22.4. The number of nitrogens with two attached hydrogens (primary N) is 1. The molecule has 53 heavy (non-hydrogen) atoms. The Balaban J connectivity index is 1.65. The van der Waals surface area contributed by atoms with Gasteiger partial charge in [-0.2, -0.15) is 0 Å². The van der Waals surface area contributed by atoms with E-state index < -0.39 is 26.0 Å². The predicted octanol–water partition coefficient (Wildman–Crippen LogP) is 9.21.